The molecule has 0 fully saturated rings. The third-order valence-corrected chi connectivity index (χ3v) is 3.23. The zero-order valence-electron chi connectivity index (χ0n) is 12.1. The minimum Gasteiger partial charge on any atom is -0.454 e. The van der Waals surface area contributed by atoms with Crippen molar-refractivity contribution in [1.29, 1.82) is 0 Å². The molecule has 0 bridgehead atoms. The first-order chi connectivity index (χ1) is 10.8. The van der Waals surface area contributed by atoms with Crippen molar-refractivity contribution in [1.82, 2.24) is 25.2 Å². The number of rotatable bonds is 5. The molecule has 1 aromatic carbocycles. The number of hydrogen-bond donors (Lipinski definition) is 0. The van der Waals surface area contributed by atoms with Gasteiger partial charge in [-0.2, -0.15) is 0 Å². The molecule has 7 heteroatoms. The summed E-state index contributed by atoms with van der Waals surface area (Å²) in [6, 6.07) is 9.15. The molecule has 0 radical (unpaired) electrons. The number of para-hydroxylation sites is 1. The largest absolute Gasteiger partial charge is 0.454 e. The summed E-state index contributed by atoms with van der Waals surface area (Å²) in [5.41, 5.74) is 1.07. The number of ether oxygens (including phenoxy) is 1. The van der Waals surface area contributed by atoms with Gasteiger partial charge in [0.25, 0.3) is 0 Å². The second-order valence-electron chi connectivity index (χ2n) is 4.78. The third kappa shape index (κ3) is 2.78. The Morgan fingerprint density at radius 2 is 2.14 bits per heavy atom. The van der Waals surface area contributed by atoms with E-state index < -0.39 is 5.97 Å². The third-order valence-electron chi connectivity index (χ3n) is 3.23. The highest BCUT2D eigenvalue weighted by molar-refractivity contribution is 6.02. The number of carbonyl (C=O) groups is 1. The summed E-state index contributed by atoms with van der Waals surface area (Å²) in [4.78, 5) is 16.5. The van der Waals surface area contributed by atoms with Crippen LogP contribution < -0.4 is 0 Å². The van der Waals surface area contributed by atoms with Crippen molar-refractivity contribution in [3.05, 3.63) is 47.9 Å². The van der Waals surface area contributed by atoms with Crippen molar-refractivity contribution in [3.8, 4) is 0 Å². The van der Waals surface area contributed by atoms with Crippen molar-refractivity contribution in [2.45, 2.75) is 26.5 Å². The van der Waals surface area contributed by atoms with Crippen molar-refractivity contribution < 1.29 is 9.53 Å². The maximum atomic E-state index is 12.3. The van der Waals surface area contributed by atoms with Crippen LogP contribution in [0.4, 0.5) is 0 Å². The average Bonchev–Trinajstić information content (AvgIpc) is 3.00. The summed E-state index contributed by atoms with van der Waals surface area (Å²) in [6.45, 7) is 2.75. The molecule has 22 heavy (non-hydrogen) atoms. The van der Waals surface area contributed by atoms with E-state index in [2.05, 4.69) is 20.5 Å². The fourth-order valence-electron chi connectivity index (χ4n) is 2.19. The first-order valence-corrected chi connectivity index (χ1v) is 7.05. The van der Waals surface area contributed by atoms with Crippen LogP contribution in [0.3, 0.4) is 0 Å². The lowest BCUT2D eigenvalue weighted by Gasteiger charge is -2.07. The molecule has 3 aromatic rings. The number of esters is 1. The van der Waals surface area contributed by atoms with Crippen LogP contribution >= 0.6 is 0 Å². The van der Waals surface area contributed by atoms with Gasteiger partial charge < -0.3 is 4.74 Å². The van der Waals surface area contributed by atoms with Crippen molar-refractivity contribution in [3.63, 3.8) is 0 Å². The van der Waals surface area contributed by atoms with Crippen LogP contribution in [0.25, 0.3) is 10.9 Å². The number of aryl methyl sites for hydroxylation is 1. The number of aromatic nitrogens is 5. The Morgan fingerprint density at radius 1 is 1.27 bits per heavy atom. The second-order valence-corrected chi connectivity index (χ2v) is 4.78. The number of nitrogens with zero attached hydrogens (tertiary/aromatic N) is 5. The molecule has 2 aromatic heterocycles. The highest BCUT2D eigenvalue weighted by atomic mass is 16.5. The SMILES string of the molecule is CCCn1nnnc1COC(=O)c1cccc2cccnc12. The van der Waals surface area contributed by atoms with Crippen LogP contribution in [0.15, 0.2) is 36.5 Å². The Bertz CT molecular complexity index is 794. The molecule has 0 atom stereocenters. The van der Waals surface area contributed by atoms with Crippen LogP contribution in [0, 0.1) is 0 Å². The van der Waals surface area contributed by atoms with Gasteiger partial charge >= 0.3 is 5.97 Å². The predicted octanol–water partition coefficient (Wildman–Crippen LogP) is 1.99. The van der Waals surface area contributed by atoms with Gasteiger partial charge in [-0.3, -0.25) is 4.98 Å². The number of benzene rings is 1. The molecule has 0 unspecified atom stereocenters. The van der Waals surface area contributed by atoms with Crippen LogP contribution in [0.2, 0.25) is 0 Å². The predicted molar refractivity (Wildman–Crippen MR) is 79.0 cm³/mol. The van der Waals surface area contributed by atoms with Gasteiger partial charge in [-0.1, -0.05) is 25.1 Å². The topological polar surface area (TPSA) is 82.8 Å². The van der Waals surface area contributed by atoms with Gasteiger partial charge in [0.05, 0.1) is 11.1 Å². The number of fused-ring (bicyclic) bond motifs is 1. The Hall–Kier alpha value is -2.83. The van der Waals surface area contributed by atoms with E-state index in [-0.39, 0.29) is 6.61 Å². The molecule has 0 saturated carbocycles. The van der Waals surface area contributed by atoms with Crippen LogP contribution in [-0.2, 0) is 17.9 Å². The van der Waals surface area contributed by atoms with Crippen molar-refractivity contribution in [2.75, 3.05) is 0 Å². The summed E-state index contributed by atoms with van der Waals surface area (Å²) >= 11 is 0. The van der Waals surface area contributed by atoms with Crippen LogP contribution in [-0.4, -0.2) is 31.2 Å². The molecular formula is C15H15N5O2. The fraction of sp³-hybridized carbons (Fsp3) is 0.267. The second kappa shape index (κ2) is 6.30. The lowest BCUT2D eigenvalue weighted by Crippen LogP contribution is -2.11. The molecule has 0 N–H and O–H groups in total. The maximum absolute atomic E-state index is 12.3. The standard InChI is InChI=1S/C15H15N5O2/c1-2-9-20-13(17-18-19-20)10-22-15(21)12-7-3-5-11-6-4-8-16-14(11)12/h3-8H,2,9-10H2,1H3. The zero-order valence-corrected chi connectivity index (χ0v) is 12.1. The molecule has 7 nitrogen and oxygen atoms in total. The molecule has 0 aliphatic rings. The van der Waals surface area contributed by atoms with Gasteiger partial charge in [0.1, 0.15) is 0 Å². The molecule has 3 rings (SSSR count). The highest BCUT2D eigenvalue weighted by Gasteiger charge is 2.14. The minimum absolute atomic E-state index is 0.0368. The minimum atomic E-state index is -0.435. The molecular weight excluding hydrogens is 282 g/mol. The normalized spacial score (nSPS) is 10.8. The number of tetrazole rings is 1. The van der Waals surface area contributed by atoms with Gasteiger partial charge in [0, 0.05) is 18.1 Å². The Labute approximate surface area is 126 Å². The average molecular weight is 297 g/mol. The summed E-state index contributed by atoms with van der Waals surface area (Å²) < 4.78 is 6.96. The van der Waals surface area contributed by atoms with Gasteiger partial charge in [0.15, 0.2) is 12.4 Å². The van der Waals surface area contributed by atoms with Gasteiger partial charge in [-0.05, 0) is 29.0 Å². The van der Waals surface area contributed by atoms with Crippen molar-refractivity contribution in [2.24, 2.45) is 0 Å². The van der Waals surface area contributed by atoms with E-state index in [9.17, 15) is 4.79 Å². The molecule has 0 amide bonds. The Balaban J connectivity index is 1.78. The van der Waals surface area contributed by atoms with E-state index in [4.69, 9.17) is 4.74 Å². The smallest absolute Gasteiger partial charge is 0.340 e. The highest BCUT2D eigenvalue weighted by Crippen LogP contribution is 2.17. The first-order valence-electron chi connectivity index (χ1n) is 7.05. The van der Waals surface area contributed by atoms with Crippen LogP contribution in [0.1, 0.15) is 29.5 Å². The van der Waals surface area contributed by atoms with Gasteiger partial charge in [0.2, 0.25) is 0 Å². The monoisotopic (exact) mass is 297 g/mol. The van der Waals surface area contributed by atoms with E-state index in [1.807, 2.05) is 31.2 Å². The molecule has 0 aliphatic heterocycles. The lowest BCUT2D eigenvalue weighted by molar-refractivity contribution is 0.0458. The first kappa shape index (κ1) is 14.1. The van der Waals surface area contributed by atoms with Gasteiger partial charge in [-0.15, -0.1) is 5.10 Å². The molecule has 2 heterocycles. The van der Waals surface area contributed by atoms with E-state index in [1.54, 1.807) is 16.9 Å². The van der Waals surface area contributed by atoms with E-state index in [1.165, 1.54) is 0 Å². The number of carbonyl (C=O) groups excluding carboxylic acids is 1. The van der Waals surface area contributed by atoms with Crippen molar-refractivity contribution >= 4 is 16.9 Å². The maximum Gasteiger partial charge on any atom is 0.340 e. The lowest BCUT2D eigenvalue weighted by atomic mass is 10.1. The van der Waals surface area contributed by atoms with E-state index >= 15 is 0 Å². The summed E-state index contributed by atoms with van der Waals surface area (Å²) in [6.07, 6.45) is 2.56. The molecule has 0 saturated heterocycles. The summed E-state index contributed by atoms with van der Waals surface area (Å²) in [7, 11) is 0. The number of hydrogen-bond acceptors (Lipinski definition) is 6. The number of pyridine rings is 1. The summed E-state index contributed by atoms with van der Waals surface area (Å²) in [5.74, 6) is 0.0961. The van der Waals surface area contributed by atoms with Crippen LogP contribution in [0.5, 0.6) is 0 Å². The zero-order chi connectivity index (χ0) is 15.4. The molecule has 0 aliphatic carbocycles. The molecule has 112 valence electrons. The summed E-state index contributed by atoms with van der Waals surface area (Å²) in [5, 5.41) is 12.2. The molecule has 0 spiro atoms. The Morgan fingerprint density at radius 3 is 3.00 bits per heavy atom. The quantitative estimate of drug-likeness (QED) is 0.670. The fourth-order valence-corrected chi connectivity index (χ4v) is 2.19. The van der Waals surface area contributed by atoms with E-state index in [0.717, 1.165) is 11.8 Å². The van der Waals surface area contributed by atoms with E-state index in [0.29, 0.717) is 23.4 Å². The Kier molecular flexibility index (Phi) is 4.04. The van der Waals surface area contributed by atoms with Gasteiger partial charge in [-0.25, -0.2) is 9.48 Å².